The minimum absolute atomic E-state index is 0.260. The number of nitrogens with zero attached hydrogens (tertiary/aromatic N) is 6. The molecule has 4 aromatic rings. The highest BCUT2D eigenvalue weighted by Crippen LogP contribution is 2.32. The third-order valence-electron chi connectivity index (χ3n) is 7.23. The number of carbonyl (C=O) groups excluding carboxylic acids is 1. The number of piperidine rings is 1. The van der Waals surface area contributed by atoms with Crippen LogP contribution in [0.25, 0.3) is 22.4 Å². The molecule has 198 valence electrons. The number of ether oxygens (including phenoxy) is 1. The Bertz CT molecular complexity index is 1370. The van der Waals surface area contributed by atoms with E-state index in [4.69, 9.17) is 24.2 Å². The van der Waals surface area contributed by atoms with E-state index in [1.165, 1.54) is 0 Å². The van der Waals surface area contributed by atoms with Gasteiger partial charge in [0, 0.05) is 44.5 Å². The van der Waals surface area contributed by atoms with Crippen molar-refractivity contribution < 1.29 is 13.9 Å². The number of urea groups is 1. The van der Waals surface area contributed by atoms with E-state index in [1.54, 1.807) is 13.3 Å². The number of amides is 2. The fourth-order valence-electron chi connectivity index (χ4n) is 5.16. The number of benzene rings is 1. The van der Waals surface area contributed by atoms with Crippen LogP contribution in [0.15, 0.2) is 53.3 Å². The molecule has 1 aromatic carbocycles. The first-order valence-corrected chi connectivity index (χ1v) is 13.1. The van der Waals surface area contributed by atoms with E-state index in [-0.39, 0.29) is 12.1 Å². The molecule has 2 amide bonds. The van der Waals surface area contributed by atoms with Crippen LogP contribution < -0.4 is 15.5 Å². The number of nitrogens with one attached hydrogen (secondary N) is 2. The quantitative estimate of drug-likeness (QED) is 0.400. The van der Waals surface area contributed by atoms with Crippen molar-refractivity contribution in [2.75, 3.05) is 56.7 Å². The van der Waals surface area contributed by atoms with Gasteiger partial charge in [-0.2, -0.15) is 5.10 Å². The first-order valence-electron chi connectivity index (χ1n) is 13.1. The van der Waals surface area contributed by atoms with E-state index in [0.29, 0.717) is 24.7 Å². The average molecular weight is 517 g/mol. The summed E-state index contributed by atoms with van der Waals surface area (Å²) < 4.78 is 13.2. The van der Waals surface area contributed by atoms with Crippen LogP contribution in [0.2, 0.25) is 0 Å². The zero-order valence-corrected chi connectivity index (χ0v) is 21.5. The number of carbonyl (C=O) groups is 1. The fourth-order valence-corrected chi connectivity index (χ4v) is 5.16. The highest BCUT2D eigenvalue weighted by molar-refractivity contribution is 5.90. The largest absolute Gasteiger partial charge is 0.468 e. The molecule has 2 saturated heterocycles. The van der Waals surface area contributed by atoms with Crippen molar-refractivity contribution in [1.82, 2.24) is 30.0 Å². The van der Waals surface area contributed by atoms with Crippen molar-refractivity contribution in [3.8, 4) is 11.4 Å². The first-order chi connectivity index (χ1) is 18.7. The smallest absolute Gasteiger partial charge is 0.318 e. The van der Waals surface area contributed by atoms with Gasteiger partial charge in [-0.3, -0.25) is 4.90 Å². The number of hydrogen-bond acceptors (Lipinski definition) is 8. The molecule has 2 aliphatic heterocycles. The number of anilines is 2. The van der Waals surface area contributed by atoms with Crippen molar-refractivity contribution in [2.45, 2.75) is 25.4 Å². The maximum Gasteiger partial charge on any atom is 0.318 e. The second-order valence-electron chi connectivity index (χ2n) is 9.66. The molecule has 2 aliphatic rings. The molecule has 5 heterocycles. The summed E-state index contributed by atoms with van der Waals surface area (Å²) in [7, 11) is 1.59. The van der Waals surface area contributed by atoms with Gasteiger partial charge in [0.1, 0.15) is 11.6 Å². The number of aromatic nitrogens is 4. The topological polar surface area (TPSA) is 114 Å². The monoisotopic (exact) mass is 516 g/mol. The minimum Gasteiger partial charge on any atom is -0.468 e. The lowest BCUT2D eigenvalue weighted by atomic mass is 10.1. The zero-order valence-electron chi connectivity index (χ0n) is 21.5. The van der Waals surface area contributed by atoms with E-state index < -0.39 is 0 Å². The Morgan fingerprint density at radius 3 is 2.55 bits per heavy atom. The second-order valence-corrected chi connectivity index (χ2v) is 9.66. The predicted molar refractivity (Wildman–Crippen MR) is 144 cm³/mol. The molecule has 11 nitrogen and oxygen atoms in total. The van der Waals surface area contributed by atoms with Gasteiger partial charge >= 0.3 is 6.03 Å². The van der Waals surface area contributed by atoms with Crippen LogP contribution in [0.5, 0.6) is 0 Å². The van der Waals surface area contributed by atoms with Crippen molar-refractivity contribution in [3.05, 3.63) is 54.6 Å². The summed E-state index contributed by atoms with van der Waals surface area (Å²) in [5.41, 5.74) is 2.44. The number of furan rings is 1. The van der Waals surface area contributed by atoms with Crippen molar-refractivity contribution in [1.29, 1.82) is 0 Å². The summed E-state index contributed by atoms with van der Waals surface area (Å²) in [6, 6.07) is 11.6. The average Bonchev–Trinajstić information content (AvgIpc) is 3.64. The Hall–Kier alpha value is -3.96. The van der Waals surface area contributed by atoms with Crippen LogP contribution in [0, 0.1) is 0 Å². The fraction of sp³-hybridized carbons (Fsp3) is 0.407. The van der Waals surface area contributed by atoms with Crippen molar-refractivity contribution in [3.63, 3.8) is 0 Å². The van der Waals surface area contributed by atoms with Crippen LogP contribution in [-0.2, 0) is 11.3 Å². The van der Waals surface area contributed by atoms with Gasteiger partial charge in [-0.05, 0) is 49.2 Å². The zero-order chi connectivity index (χ0) is 25.9. The normalized spacial score (nSPS) is 17.1. The lowest BCUT2D eigenvalue weighted by molar-refractivity contribution is 0.122. The molecule has 6 rings (SSSR count). The Morgan fingerprint density at radius 1 is 1.05 bits per heavy atom. The molecule has 2 N–H and O–H groups in total. The van der Waals surface area contributed by atoms with E-state index in [0.717, 1.165) is 73.7 Å². The molecule has 0 spiro atoms. The molecular weight excluding hydrogens is 484 g/mol. The van der Waals surface area contributed by atoms with Gasteiger partial charge in [0.15, 0.2) is 11.5 Å². The molecule has 0 saturated carbocycles. The summed E-state index contributed by atoms with van der Waals surface area (Å²) in [6.07, 6.45) is 5.62. The van der Waals surface area contributed by atoms with Crippen molar-refractivity contribution in [2.24, 2.45) is 0 Å². The SMILES string of the molecule is CNC(=O)Nc1ccc(-c2nc(N3CCOCC3)c3cnn(C4CCN(Cc5ccco5)CC4)c3n2)cc1. The highest BCUT2D eigenvalue weighted by Gasteiger charge is 2.26. The lowest BCUT2D eigenvalue weighted by Gasteiger charge is -2.31. The summed E-state index contributed by atoms with van der Waals surface area (Å²) >= 11 is 0. The van der Waals surface area contributed by atoms with Gasteiger partial charge in [0.2, 0.25) is 0 Å². The number of morpholine rings is 1. The molecule has 11 heteroatoms. The van der Waals surface area contributed by atoms with Gasteiger partial charge in [-0.15, -0.1) is 0 Å². The van der Waals surface area contributed by atoms with Crippen LogP contribution >= 0.6 is 0 Å². The summed E-state index contributed by atoms with van der Waals surface area (Å²) in [6.45, 7) is 5.67. The number of hydrogen-bond donors (Lipinski definition) is 2. The van der Waals surface area contributed by atoms with Gasteiger partial charge in [0.25, 0.3) is 0 Å². The van der Waals surface area contributed by atoms with Crippen LogP contribution in [0.1, 0.15) is 24.6 Å². The molecule has 0 unspecified atom stereocenters. The van der Waals surface area contributed by atoms with E-state index in [9.17, 15) is 4.79 Å². The molecular formula is C27H32N8O3. The molecule has 2 fully saturated rings. The third-order valence-corrected chi connectivity index (χ3v) is 7.23. The highest BCUT2D eigenvalue weighted by atomic mass is 16.5. The number of likely N-dealkylation sites (tertiary alicyclic amines) is 1. The molecule has 0 atom stereocenters. The maximum absolute atomic E-state index is 11.7. The maximum atomic E-state index is 11.7. The third kappa shape index (κ3) is 5.07. The van der Waals surface area contributed by atoms with E-state index >= 15 is 0 Å². The molecule has 0 aliphatic carbocycles. The van der Waals surface area contributed by atoms with Gasteiger partial charge < -0.3 is 24.7 Å². The van der Waals surface area contributed by atoms with E-state index in [1.807, 2.05) is 42.6 Å². The molecule has 38 heavy (non-hydrogen) atoms. The first kappa shape index (κ1) is 24.4. The second kappa shape index (κ2) is 10.8. The summed E-state index contributed by atoms with van der Waals surface area (Å²) in [5, 5.41) is 11.2. The van der Waals surface area contributed by atoms with Crippen LogP contribution in [0.4, 0.5) is 16.3 Å². The molecule has 0 bridgehead atoms. The Labute approximate surface area is 220 Å². The van der Waals surface area contributed by atoms with Crippen LogP contribution in [0.3, 0.4) is 0 Å². The number of fused-ring (bicyclic) bond motifs is 1. The lowest BCUT2D eigenvalue weighted by Crippen LogP contribution is -2.37. The Morgan fingerprint density at radius 2 is 1.84 bits per heavy atom. The Kier molecular flexibility index (Phi) is 6.93. The van der Waals surface area contributed by atoms with Crippen molar-refractivity contribution >= 4 is 28.6 Å². The Balaban J connectivity index is 1.30. The number of rotatable bonds is 6. The van der Waals surface area contributed by atoms with Gasteiger partial charge in [-0.1, -0.05) is 0 Å². The predicted octanol–water partition coefficient (Wildman–Crippen LogP) is 3.51. The molecule has 0 radical (unpaired) electrons. The summed E-state index contributed by atoms with van der Waals surface area (Å²) in [4.78, 5) is 26.4. The van der Waals surface area contributed by atoms with Gasteiger partial charge in [0.05, 0.1) is 43.6 Å². The molecule has 3 aromatic heterocycles. The minimum atomic E-state index is -0.260. The summed E-state index contributed by atoms with van der Waals surface area (Å²) in [5.74, 6) is 2.53. The van der Waals surface area contributed by atoms with E-state index in [2.05, 4.69) is 25.1 Å². The standard InChI is InChI=1S/C27H32N8O3/c1-28-27(36)30-20-6-4-19(5-7-20)24-31-25(34-12-15-37-16-13-34)23-17-29-35(26(23)32-24)21-8-10-33(11-9-21)18-22-3-2-14-38-22/h2-7,14,17,21H,8-13,15-16,18H2,1H3,(H2,28,30,36). The van der Waals surface area contributed by atoms with Gasteiger partial charge in [-0.25, -0.2) is 19.4 Å². The van der Waals surface area contributed by atoms with Crippen LogP contribution in [-0.4, -0.2) is 77.1 Å².